The summed E-state index contributed by atoms with van der Waals surface area (Å²) < 4.78 is 26.7. The minimum Gasteiger partial charge on any atom is -0.341 e. The molecular weight excluding hydrogens is 300 g/mol. The lowest BCUT2D eigenvalue weighted by molar-refractivity contribution is 0.398. The maximum Gasteiger partial charge on any atom is 0.225 e. The third kappa shape index (κ3) is 2.72. The molecule has 0 radical (unpaired) electrons. The van der Waals surface area contributed by atoms with Crippen molar-refractivity contribution < 1.29 is 8.42 Å². The van der Waals surface area contributed by atoms with E-state index in [1.165, 1.54) is 0 Å². The van der Waals surface area contributed by atoms with Crippen molar-refractivity contribution in [3.63, 3.8) is 0 Å². The number of anilines is 1. The molecular formula is C15H24N4O2S. The highest BCUT2D eigenvalue weighted by Gasteiger charge is 2.46. The second-order valence-electron chi connectivity index (χ2n) is 6.10. The molecule has 22 heavy (non-hydrogen) atoms. The average Bonchev–Trinajstić information content (AvgIpc) is 2.68. The van der Waals surface area contributed by atoms with E-state index in [2.05, 4.69) is 21.8 Å². The van der Waals surface area contributed by atoms with Gasteiger partial charge in [0.1, 0.15) is 0 Å². The van der Waals surface area contributed by atoms with E-state index in [1.54, 1.807) is 4.31 Å². The van der Waals surface area contributed by atoms with Crippen molar-refractivity contribution in [3.8, 4) is 0 Å². The lowest BCUT2D eigenvalue weighted by Crippen LogP contribution is -2.32. The van der Waals surface area contributed by atoms with Gasteiger partial charge >= 0.3 is 0 Å². The van der Waals surface area contributed by atoms with E-state index in [4.69, 9.17) is 0 Å². The Labute approximate surface area is 132 Å². The smallest absolute Gasteiger partial charge is 0.225 e. The van der Waals surface area contributed by atoms with E-state index < -0.39 is 10.0 Å². The van der Waals surface area contributed by atoms with Crippen LogP contribution in [-0.2, 0) is 16.4 Å². The zero-order valence-electron chi connectivity index (χ0n) is 13.3. The summed E-state index contributed by atoms with van der Waals surface area (Å²) in [7, 11) is -3.11. The molecule has 0 aromatic carbocycles. The van der Waals surface area contributed by atoms with Crippen LogP contribution < -0.4 is 4.90 Å². The van der Waals surface area contributed by atoms with Gasteiger partial charge in [0.2, 0.25) is 16.0 Å². The molecule has 0 bridgehead atoms. The van der Waals surface area contributed by atoms with Crippen molar-refractivity contribution in [3.05, 3.63) is 18.0 Å². The molecule has 1 aromatic heterocycles. The molecule has 7 heteroatoms. The SMILES string of the molecule is CCc1cnc(N2CC[C@H]3CN(CC)S(=O)(=O)[C@@H]3CC2)nc1. The fourth-order valence-corrected chi connectivity index (χ4v) is 5.75. The van der Waals surface area contributed by atoms with Gasteiger partial charge in [0, 0.05) is 38.6 Å². The fourth-order valence-electron chi connectivity index (χ4n) is 3.50. The number of aromatic nitrogens is 2. The molecule has 3 heterocycles. The minimum atomic E-state index is -3.11. The highest BCUT2D eigenvalue weighted by molar-refractivity contribution is 7.90. The number of hydrogen-bond donors (Lipinski definition) is 0. The lowest BCUT2D eigenvalue weighted by atomic mass is 10.0. The summed E-state index contributed by atoms with van der Waals surface area (Å²) in [4.78, 5) is 11.0. The molecule has 0 N–H and O–H groups in total. The lowest BCUT2D eigenvalue weighted by Gasteiger charge is -2.21. The average molecular weight is 324 g/mol. The van der Waals surface area contributed by atoms with Gasteiger partial charge in [-0.1, -0.05) is 13.8 Å². The van der Waals surface area contributed by atoms with Crippen LogP contribution in [0.1, 0.15) is 32.3 Å². The van der Waals surface area contributed by atoms with E-state index >= 15 is 0 Å². The molecule has 1 aromatic rings. The largest absolute Gasteiger partial charge is 0.341 e. The molecule has 122 valence electrons. The Kier molecular flexibility index (Phi) is 4.36. The van der Waals surface area contributed by atoms with Crippen molar-refractivity contribution in [1.82, 2.24) is 14.3 Å². The molecule has 0 spiro atoms. The molecule has 3 rings (SSSR count). The Morgan fingerprint density at radius 2 is 1.86 bits per heavy atom. The number of aryl methyl sites for hydroxylation is 1. The zero-order chi connectivity index (χ0) is 15.7. The highest BCUT2D eigenvalue weighted by atomic mass is 32.2. The molecule has 2 atom stereocenters. The van der Waals surface area contributed by atoms with Crippen LogP contribution in [0.25, 0.3) is 0 Å². The fraction of sp³-hybridized carbons (Fsp3) is 0.733. The number of fused-ring (bicyclic) bond motifs is 1. The molecule has 0 amide bonds. The predicted octanol–water partition coefficient (Wildman–Crippen LogP) is 1.29. The van der Waals surface area contributed by atoms with E-state index in [-0.39, 0.29) is 11.2 Å². The van der Waals surface area contributed by atoms with Crippen molar-refractivity contribution in [2.75, 3.05) is 31.1 Å². The Hall–Kier alpha value is -1.21. The van der Waals surface area contributed by atoms with E-state index in [0.717, 1.165) is 30.9 Å². The van der Waals surface area contributed by atoms with Gasteiger partial charge in [-0.25, -0.2) is 22.7 Å². The monoisotopic (exact) mass is 324 g/mol. The highest BCUT2D eigenvalue weighted by Crippen LogP contribution is 2.34. The van der Waals surface area contributed by atoms with E-state index in [0.29, 0.717) is 26.1 Å². The molecule has 2 fully saturated rings. The number of sulfonamides is 1. The van der Waals surface area contributed by atoms with Gasteiger partial charge in [0.15, 0.2) is 0 Å². The predicted molar refractivity (Wildman–Crippen MR) is 86.3 cm³/mol. The van der Waals surface area contributed by atoms with Crippen LogP contribution in [0.2, 0.25) is 0 Å². The number of rotatable bonds is 3. The van der Waals surface area contributed by atoms with Crippen LogP contribution >= 0.6 is 0 Å². The molecule has 6 nitrogen and oxygen atoms in total. The standard InChI is InChI=1S/C15H24N4O2S/c1-3-12-9-16-15(17-10-12)18-7-5-13-11-19(4-2)22(20,21)14(13)6-8-18/h9-10,13-14H,3-8,11H2,1-2H3/t13-,14+/m0/s1. The topological polar surface area (TPSA) is 66.4 Å². The third-order valence-corrected chi connectivity index (χ3v) is 7.41. The Morgan fingerprint density at radius 1 is 1.18 bits per heavy atom. The van der Waals surface area contributed by atoms with Crippen LogP contribution in [0.15, 0.2) is 12.4 Å². The quantitative estimate of drug-likeness (QED) is 0.838. The van der Waals surface area contributed by atoms with Gasteiger partial charge < -0.3 is 4.90 Å². The van der Waals surface area contributed by atoms with Crippen LogP contribution in [0.4, 0.5) is 5.95 Å². The Bertz CT molecular complexity index is 617. The summed E-state index contributed by atoms with van der Waals surface area (Å²) in [5, 5.41) is -0.229. The molecule has 0 saturated carbocycles. The normalized spacial score (nSPS) is 28.4. The third-order valence-electron chi connectivity index (χ3n) is 4.90. The van der Waals surface area contributed by atoms with Crippen LogP contribution in [0.5, 0.6) is 0 Å². The molecule has 0 unspecified atom stereocenters. The van der Waals surface area contributed by atoms with Crippen molar-refractivity contribution in [2.24, 2.45) is 5.92 Å². The van der Waals surface area contributed by atoms with Crippen molar-refractivity contribution in [1.29, 1.82) is 0 Å². The van der Waals surface area contributed by atoms with Crippen LogP contribution in [0.3, 0.4) is 0 Å². The van der Waals surface area contributed by atoms with Gasteiger partial charge in [-0.15, -0.1) is 0 Å². The van der Waals surface area contributed by atoms with E-state index in [1.807, 2.05) is 19.3 Å². The first kappa shape index (κ1) is 15.7. The van der Waals surface area contributed by atoms with Gasteiger partial charge in [0.05, 0.1) is 5.25 Å². The number of nitrogens with zero attached hydrogens (tertiary/aromatic N) is 4. The zero-order valence-corrected chi connectivity index (χ0v) is 14.1. The number of hydrogen-bond acceptors (Lipinski definition) is 5. The summed E-state index contributed by atoms with van der Waals surface area (Å²) in [5.74, 6) is 0.965. The summed E-state index contributed by atoms with van der Waals surface area (Å²) in [5.41, 5.74) is 1.12. The first-order valence-corrected chi connectivity index (χ1v) is 9.61. The maximum atomic E-state index is 12.5. The Balaban J connectivity index is 1.74. The molecule has 2 saturated heterocycles. The summed E-state index contributed by atoms with van der Waals surface area (Å²) in [6.45, 7) is 6.80. The molecule has 0 aliphatic carbocycles. The summed E-state index contributed by atoms with van der Waals surface area (Å²) >= 11 is 0. The van der Waals surface area contributed by atoms with Gasteiger partial charge in [-0.2, -0.15) is 0 Å². The maximum absolute atomic E-state index is 12.5. The van der Waals surface area contributed by atoms with Crippen LogP contribution in [0, 0.1) is 5.92 Å². The van der Waals surface area contributed by atoms with Gasteiger partial charge in [-0.05, 0) is 30.7 Å². The van der Waals surface area contributed by atoms with Gasteiger partial charge in [-0.3, -0.25) is 0 Å². The second kappa shape index (κ2) is 6.12. The van der Waals surface area contributed by atoms with E-state index in [9.17, 15) is 8.42 Å². The first-order chi connectivity index (χ1) is 10.6. The summed E-state index contributed by atoms with van der Waals surface area (Å²) in [6.07, 6.45) is 6.21. The second-order valence-corrected chi connectivity index (χ2v) is 8.26. The Morgan fingerprint density at radius 3 is 2.50 bits per heavy atom. The van der Waals surface area contributed by atoms with Crippen LogP contribution in [-0.4, -0.2) is 54.1 Å². The molecule has 2 aliphatic heterocycles. The first-order valence-electron chi connectivity index (χ1n) is 8.11. The van der Waals surface area contributed by atoms with Crippen molar-refractivity contribution >= 4 is 16.0 Å². The minimum absolute atomic E-state index is 0.229. The van der Waals surface area contributed by atoms with Gasteiger partial charge in [0.25, 0.3) is 0 Å². The summed E-state index contributed by atoms with van der Waals surface area (Å²) in [6, 6.07) is 0. The van der Waals surface area contributed by atoms with Crippen molar-refractivity contribution in [2.45, 2.75) is 38.4 Å². The molecule has 2 aliphatic rings.